The average molecular weight is 384 g/mol. The van der Waals surface area contributed by atoms with Crippen molar-refractivity contribution in [3.05, 3.63) is 47.5 Å². The second-order valence-corrected chi connectivity index (χ2v) is 8.25. The Hall–Kier alpha value is -2.21. The third-order valence-corrected chi connectivity index (χ3v) is 6.06. The molecule has 0 radical (unpaired) electrons. The summed E-state index contributed by atoms with van der Waals surface area (Å²) < 4.78 is 15.1. The highest BCUT2D eigenvalue weighted by atomic mass is 19.1. The van der Waals surface area contributed by atoms with Crippen LogP contribution >= 0.6 is 0 Å². The Labute approximate surface area is 166 Å². The van der Waals surface area contributed by atoms with Gasteiger partial charge in [0, 0.05) is 19.1 Å². The highest BCUT2D eigenvalue weighted by Crippen LogP contribution is 2.27. The van der Waals surface area contributed by atoms with Crippen LogP contribution < -0.4 is 0 Å². The smallest absolute Gasteiger partial charge is 0.257 e. The van der Waals surface area contributed by atoms with E-state index in [-0.39, 0.29) is 17.6 Å². The van der Waals surface area contributed by atoms with Gasteiger partial charge in [-0.2, -0.15) is 5.10 Å². The topological polar surface area (TPSA) is 41.4 Å². The fourth-order valence-corrected chi connectivity index (χ4v) is 4.58. The maximum atomic E-state index is 13.3. The number of carbonyl (C=O) groups excluding carboxylic acids is 1. The molecule has 150 valence electrons. The van der Waals surface area contributed by atoms with Crippen LogP contribution in [0, 0.1) is 5.82 Å². The van der Waals surface area contributed by atoms with E-state index < -0.39 is 0 Å². The first-order valence-electron chi connectivity index (χ1n) is 10.4. The van der Waals surface area contributed by atoms with Crippen LogP contribution in [0.25, 0.3) is 5.69 Å². The van der Waals surface area contributed by atoms with Crippen molar-refractivity contribution in [3.8, 4) is 5.69 Å². The minimum atomic E-state index is -0.279. The third kappa shape index (κ3) is 3.70. The molecule has 1 aromatic carbocycles. The molecule has 2 aliphatic rings. The molecule has 5 nitrogen and oxygen atoms in total. The molecule has 1 amide bonds. The van der Waals surface area contributed by atoms with E-state index in [2.05, 4.69) is 23.8 Å². The van der Waals surface area contributed by atoms with E-state index in [1.807, 2.05) is 4.90 Å². The number of likely N-dealkylation sites (tertiary alicyclic amines) is 2. The molecule has 0 atom stereocenters. The number of rotatable bonds is 4. The summed E-state index contributed by atoms with van der Waals surface area (Å²) >= 11 is 0. The summed E-state index contributed by atoms with van der Waals surface area (Å²) in [6.07, 6.45) is 6.39. The van der Waals surface area contributed by atoms with Gasteiger partial charge in [0.05, 0.1) is 23.1 Å². The standard InChI is InChI=1S/C22H29FN4O/c1-16(2)21-20(15-24-27(21)19-7-5-17(23)6-8-19)22(28)26-13-9-18(10-14-26)25-11-3-4-12-25/h5-8,15-16,18H,3-4,9-14H2,1-2H3. The van der Waals surface area contributed by atoms with Crippen molar-refractivity contribution < 1.29 is 9.18 Å². The van der Waals surface area contributed by atoms with E-state index >= 15 is 0 Å². The summed E-state index contributed by atoms with van der Waals surface area (Å²) in [5.74, 6) is -0.0789. The van der Waals surface area contributed by atoms with E-state index in [1.165, 1.54) is 38.1 Å². The minimum absolute atomic E-state index is 0.0666. The number of benzene rings is 1. The Morgan fingerprint density at radius 1 is 1.07 bits per heavy atom. The quantitative estimate of drug-likeness (QED) is 0.804. The molecule has 2 saturated heterocycles. The van der Waals surface area contributed by atoms with Crippen molar-refractivity contribution in [3.63, 3.8) is 0 Å². The number of piperidine rings is 1. The molecule has 0 aliphatic carbocycles. The molecule has 6 heteroatoms. The summed E-state index contributed by atoms with van der Waals surface area (Å²) in [7, 11) is 0. The molecule has 0 bridgehead atoms. The highest BCUT2D eigenvalue weighted by Gasteiger charge is 2.31. The van der Waals surface area contributed by atoms with E-state index in [0.717, 1.165) is 37.3 Å². The molecule has 0 spiro atoms. The van der Waals surface area contributed by atoms with Crippen molar-refractivity contribution in [1.82, 2.24) is 19.6 Å². The fourth-order valence-electron chi connectivity index (χ4n) is 4.58. The summed E-state index contributed by atoms with van der Waals surface area (Å²) in [5.41, 5.74) is 2.33. The summed E-state index contributed by atoms with van der Waals surface area (Å²) in [5, 5.41) is 4.47. The Morgan fingerprint density at radius 2 is 1.71 bits per heavy atom. The monoisotopic (exact) mass is 384 g/mol. The molecule has 0 unspecified atom stereocenters. The Kier molecular flexibility index (Phi) is 5.49. The summed E-state index contributed by atoms with van der Waals surface area (Å²) in [6.45, 7) is 8.15. The van der Waals surface area contributed by atoms with Gasteiger partial charge < -0.3 is 9.80 Å². The first-order chi connectivity index (χ1) is 13.5. The van der Waals surface area contributed by atoms with E-state index in [0.29, 0.717) is 11.6 Å². The van der Waals surface area contributed by atoms with E-state index in [1.54, 1.807) is 23.0 Å². The minimum Gasteiger partial charge on any atom is -0.338 e. The van der Waals surface area contributed by atoms with Crippen LogP contribution in [0.5, 0.6) is 0 Å². The largest absolute Gasteiger partial charge is 0.338 e. The van der Waals surface area contributed by atoms with Gasteiger partial charge in [-0.05, 0) is 69.0 Å². The van der Waals surface area contributed by atoms with Crippen LogP contribution in [0.1, 0.15) is 61.5 Å². The Balaban J connectivity index is 1.52. The van der Waals surface area contributed by atoms with Gasteiger partial charge in [-0.25, -0.2) is 9.07 Å². The SMILES string of the molecule is CC(C)c1c(C(=O)N2CCC(N3CCCC3)CC2)cnn1-c1ccc(F)cc1. The predicted octanol–water partition coefficient (Wildman–Crippen LogP) is 3.84. The number of amides is 1. The zero-order valence-electron chi connectivity index (χ0n) is 16.8. The Morgan fingerprint density at radius 3 is 2.32 bits per heavy atom. The van der Waals surface area contributed by atoms with Gasteiger partial charge in [0.15, 0.2) is 0 Å². The lowest BCUT2D eigenvalue weighted by atomic mass is 10.0. The predicted molar refractivity (Wildman–Crippen MR) is 107 cm³/mol. The van der Waals surface area contributed by atoms with Gasteiger partial charge in [0.1, 0.15) is 5.82 Å². The van der Waals surface area contributed by atoms with Crippen molar-refractivity contribution in [2.45, 2.75) is 51.5 Å². The molecular formula is C22H29FN4O. The zero-order valence-corrected chi connectivity index (χ0v) is 16.8. The lowest BCUT2D eigenvalue weighted by Gasteiger charge is -2.36. The van der Waals surface area contributed by atoms with Gasteiger partial charge in [-0.1, -0.05) is 13.8 Å². The molecule has 2 aliphatic heterocycles. The van der Waals surface area contributed by atoms with Gasteiger partial charge in [-0.3, -0.25) is 4.79 Å². The molecule has 2 aromatic rings. The lowest BCUT2D eigenvalue weighted by Crippen LogP contribution is -2.46. The fraction of sp³-hybridized carbons (Fsp3) is 0.545. The highest BCUT2D eigenvalue weighted by molar-refractivity contribution is 5.95. The summed E-state index contributed by atoms with van der Waals surface area (Å²) in [6, 6.07) is 6.86. The molecule has 3 heterocycles. The van der Waals surface area contributed by atoms with E-state index in [4.69, 9.17) is 0 Å². The first kappa shape index (κ1) is 19.1. The lowest BCUT2D eigenvalue weighted by molar-refractivity contribution is 0.0643. The van der Waals surface area contributed by atoms with Gasteiger partial charge in [-0.15, -0.1) is 0 Å². The molecule has 0 saturated carbocycles. The second kappa shape index (κ2) is 8.03. The number of aromatic nitrogens is 2. The number of hydrogen-bond donors (Lipinski definition) is 0. The van der Waals surface area contributed by atoms with Crippen molar-refractivity contribution in [2.75, 3.05) is 26.2 Å². The second-order valence-electron chi connectivity index (χ2n) is 8.25. The molecule has 2 fully saturated rings. The summed E-state index contributed by atoms with van der Waals surface area (Å²) in [4.78, 5) is 17.8. The molecule has 1 aromatic heterocycles. The van der Waals surface area contributed by atoms with E-state index in [9.17, 15) is 9.18 Å². The van der Waals surface area contributed by atoms with Crippen LogP contribution in [0.15, 0.2) is 30.5 Å². The average Bonchev–Trinajstić information content (AvgIpc) is 3.38. The van der Waals surface area contributed by atoms with Crippen molar-refractivity contribution in [1.29, 1.82) is 0 Å². The van der Waals surface area contributed by atoms with Crippen molar-refractivity contribution >= 4 is 5.91 Å². The Bertz CT molecular complexity index is 816. The van der Waals surface area contributed by atoms with Gasteiger partial charge >= 0.3 is 0 Å². The van der Waals surface area contributed by atoms with Crippen LogP contribution in [-0.4, -0.2) is 57.7 Å². The number of halogens is 1. The maximum Gasteiger partial charge on any atom is 0.257 e. The molecule has 0 N–H and O–H groups in total. The number of carbonyl (C=O) groups is 1. The molecular weight excluding hydrogens is 355 g/mol. The van der Waals surface area contributed by atoms with Crippen LogP contribution in [0.3, 0.4) is 0 Å². The normalized spacial score (nSPS) is 18.9. The zero-order chi connectivity index (χ0) is 19.7. The van der Waals surface area contributed by atoms with Gasteiger partial charge in [0.2, 0.25) is 0 Å². The van der Waals surface area contributed by atoms with Crippen LogP contribution in [0.2, 0.25) is 0 Å². The van der Waals surface area contributed by atoms with Crippen LogP contribution in [0.4, 0.5) is 4.39 Å². The van der Waals surface area contributed by atoms with Gasteiger partial charge in [0.25, 0.3) is 5.91 Å². The third-order valence-electron chi connectivity index (χ3n) is 6.06. The number of nitrogens with zero attached hydrogens (tertiary/aromatic N) is 4. The first-order valence-corrected chi connectivity index (χ1v) is 10.4. The van der Waals surface area contributed by atoms with Crippen molar-refractivity contribution in [2.24, 2.45) is 0 Å². The molecule has 4 rings (SSSR count). The number of hydrogen-bond acceptors (Lipinski definition) is 3. The molecule has 28 heavy (non-hydrogen) atoms. The maximum absolute atomic E-state index is 13.3. The van der Waals surface area contributed by atoms with Crippen LogP contribution in [-0.2, 0) is 0 Å².